The van der Waals surface area contributed by atoms with Gasteiger partial charge in [-0.15, -0.1) is 0 Å². The molecule has 6 atom stereocenters. The molecule has 216 valence electrons. The maximum Gasteiger partial charge on any atom is 0.309 e. The fraction of sp³-hybridized carbons (Fsp3) is 0.562. The van der Waals surface area contributed by atoms with Crippen molar-refractivity contribution < 1.29 is 34.0 Å². The van der Waals surface area contributed by atoms with Gasteiger partial charge in [-0.05, 0) is 68.2 Å². The number of benzene rings is 1. The summed E-state index contributed by atoms with van der Waals surface area (Å²) in [5, 5.41) is 21.3. The van der Waals surface area contributed by atoms with Crippen LogP contribution < -0.4 is 0 Å². The lowest BCUT2D eigenvalue weighted by Gasteiger charge is -2.32. The number of carbonyl (C=O) groups is 2. The summed E-state index contributed by atoms with van der Waals surface area (Å²) in [6, 6.07) is 8.44. The Bertz CT molecular complexity index is 1020. The van der Waals surface area contributed by atoms with Gasteiger partial charge >= 0.3 is 11.9 Å². The lowest BCUT2D eigenvalue weighted by Crippen LogP contribution is -2.42. The van der Waals surface area contributed by atoms with Gasteiger partial charge in [0.1, 0.15) is 17.8 Å². The summed E-state index contributed by atoms with van der Waals surface area (Å²) >= 11 is 0. The third-order valence-corrected chi connectivity index (χ3v) is 7.06. The lowest BCUT2D eigenvalue weighted by atomic mass is 9.88. The van der Waals surface area contributed by atoms with Crippen molar-refractivity contribution in [2.24, 2.45) is 11.8 Å². The monoisotopic (exact) mass is 542 g/mol. The first-order chi connectivity index (χ1) is 18.4. The van der Waals surface area contributed by atoms with Gasteiger partial charge in [-0.2, -0.15) is 0 Å². The second-order valence-electron chi connectivity index (χ2n) is 11.0. The van der Waals surface area contributed by atoms with Crippen LogP contribution in [0.25, 0.3) is 0 Å². The molecule has 1 aromatic rings. The Kier molecular flexibility index (Phi) is 13.1. The van der Waals surface area contributed by atoms with Crippen LogP contribution in [0.3, 0.4) is 0 Å². The minimum atomic E-state index is -1.39. The van der Waals surface area contributed by atoms with Crippen LogP contribution in [-0.2, 0) is 36.8 Å². The molecule has 2 rings (SSSR count). The fourth-order valence-electron chi connectivity index (χ4n) is 4.65. The van der Waals surface area contributed by atoms with Crippen molar-refractivity contribution in [3.63, 3.8) is 0 Å². The molecule has 2 N–H and O–H groups in total. The molecule has 0 saturated heterocycles. The predicted octanol–water partition coefficient (Wildman–Crippen LogP) is 5.24. The number of aliphatic hydroxyl groups excluding tert-OH is 1. The zero-order valence-electron chi connectivity index (χ0n) is 24.3. The molecule has 1 aromatic carbocycles. The van der Waals surface area contributed by atoms with E-state index in [1.54, 1.807) is 26.2 Å². The highest BCUT2D eigenvalue weighted by atomic mass is 16.6. The highest BCUT2D eigenvalue weighted by Crippen LogP contribution is 2.27. The van der Waals surface area contributed by atoms with Crippen LogP contribution in [0.1, 0.15) is 71.4 Å². The van der Waals surface area contributed by atoms with Crippen LogP contribution in [0.4, 0.5) is 0 Å². The molecule has 0 aromatic heterocycles. The van der Waals surface area contributed by atoms with Gasteiger partial charge in [-0.3, -0.25) is 9.59 Å². The van der Waals surface area contributed by atoms with Gasteiger partial charge < -0.3 is 24.4 Å². The molecule has 39 heavy (non-hydrogen) atoms. The smallest absolute Gasteiger partial charge is 0.309 e. The minimum Gasteiger partial charge on any atom is -0.457 e. The highest BCUT2D eigenvalue weighted by molar-refractivity contribution is 5.70. The maximum atomic E-state index is 12.6. The van der Waals surface area contributed by atoms with Crippen molar-refractivity contribution in [2.75, 3.05) is 7.11 Å². The molecule has 0 radical (unpaired) electrons. The normalized spacial score (nSPS) is 28.7. The summed E-state index contributed by atoms with van der Waals surface area (Å²) in [5.41, 5.74) is 1.90. The van der Waals surface area contributed by atoms with E-state index < -0.39 is 35.9 Å². The SMILES string of the molecule is COCc1cccc(CCC(C)/C=C/C=C(\C)[C@H]2OC(=O)C[C@@H](O)CC[C@](C)(O)[C@@H](OC(C)=O)/C=C\[C@@H]2C)c1. The first kappa shape index (κ1) is 32.5. The Labute approximate surface area is 233 Å². The third-order valence-electron chi connectivity index (χ3n) is 7.06. The number of methoxy groups -OCH3 is 1. The van der Waals surface area contributed by atoms with E-state index in [-0.39, 0.29) is 25.2 Å². The quantitative estimate of drug-likeness (QED) is 0.250. The summed E-state index contributed by atoms with van der Waals surface area (Å²) in [7, 11) is 1.70. The molecule has 7 heteroatoms. The number of allylic oxidation sites excluding steroid dienone is 3. The summed E-state index contributed by atoms with van der Waals surface area (Å²) in [6.45, 7) is 9.44. The van der Waals surface area contributed by atoms with Gasteiger partial charge in [0.15, 0.2) is 0 Å². The van der Waals surface area contributed by atoms with Gasteiger partial charge in [0.05, 0.1) is 19.1 Å². The number of aryl methyl sites for hydroxylation is 1. The molecule has 0 saturated carbocycles. The molecule has 1 aliphatic rings. The number of hydrogen-bond donors (Lipinski definition) is 2. The van der Waals surface area contributed by atoms with E-state index in [1.807, 2.05) is 26.0 Å². The minimum absolute atomic E-state index is 0.155. The molecule has 0 bridgehead atoms. The average Bonchev–Trinajstić information content (AvgIpc) is 2.86. The van der Waals surface area contributed by atoms with Crippen LogP contribution in [0.2, 0.25) is 0 Å². The van der Waals surface area contributed by atoms with Gasteiger partial charge in [0, 0.05) is 20.0 Å². The van der Waals surface area contributed by atoms with E-state index in [1.165, 1.54) is 18.1 Å². The summed E-state index contributed by atoms with van der Waals surface area (Å²) < 4.78 is 16.4. The van der Waals surface area contributed by atoms with Crippen molar-refractivity contribution in [3.05, 3.63) is 71.3 Å². The largest absolute Gasteiger partial charge is 0.457 e. The van der Waals surface area contributed by atoms with E-state index >= 15 is 0 Å². The molecule has 1 heterocycles. The first-order valence-electron chi connectivity index (χ1n) is 13.8. The zero-order chi connectivity index (χ0) is 29.0. The lowest BCUT2D eigenvalue weighted by molar-refractivity contribution is -0.157. The Morgan fingerprint density at radius 2 is 1.97 bits per heavy atom. The van der Waals surface area contributed by atoms with Crippen molar-refractivity contribution in [2.45, 2.75) is 97.2 Å². The Morgan fingerprint density at radius 3 is 2.67 bits per heavy atom. The summed E-state index contributed by atoms with van der Waals surface area (Å²) in [5.74, 6) is -0.921. The topological polar surface area (TPSA) is 102 Å². The van der Waals surface area contributed by atoms with Gasteiger partial charge in [0.25, 0.3) is 0 Å². The number of hydrogen-bond acceptors (Lipinski definition) is 7. The predicted molar refractivity (Wildman–Crippen MR) is 152 cm³/mol. The summed E-state index contributed by atoms with van der Waals surface area (Å²) in [4.78, 5) is 24.3. The van der Waals surface area contributed by atoms with E-state index in [4.69, 9.17) is 14.2 Å². The molecule has 0 amide bonds. The van der Waals surface area contributed by atoms with Crippen LogP contribution in [-0.4, -0.2) is 53.2 Å². The standard InChI is InChI=1S/C32H46O7/c1-22(13-15-26-11-8-12-27(19-26)21-37-6)9-7-10-23(2)31-24(3)14-16-29(38-25(4)33)32(5,36)18-17-28(34)20-30(35)39-31/h7-12,14,16,19,22,24,28-29,31,34,36H,13,15,17-18,20-21H2,1-6H3/b9-7+,16-14-,23-10+/t22?,24-,28-,29-,31+,32-/m0/s1. The van der Waals surface area contributed by atoms with Crippen molar-refractivity contribution in [1.82, 2.24) is 0 Å². The first-order valence-corrected chi connectivity index (χ1v) is 13.8. The number of cyclic esters (lactones) is 1. The molecular weight excluding hydrogens is 496 g/mol. The average molecular weight is 543 g/mol. The molecule has 7 nitrogen and oxygen atoms in total. The fourth-order valence-corrected chi connectivity index (χ4v) is 4.65. The Morgan fingerprint density at radius 1 is 1.26 bits per heavy atom. The van der Waals surface area contributed by atoms with Crippen LogP contribution >= 0.6 is 0 Å². The van der Waals surface area contributed by atoms with Gasteiger partial charge in [-0.1, -0.05) is 62.4 Å². The molecule has 1 aliphatic heterocycles. The van der Waals surface area contributed by atoms with E-state index in [0.717, 1.165) is 18.4 Å². The highest BCUT2D eigenvalue weighted by Gasteiger charge is 2.35. The zero-order valence-corrected chi connectivity index (χ0v) is 24.3. The molecule has 0 spiro atoms. The number of aliphatic hydroxyl groups is 2. The third kappa shape index (κ3) is 11.5. The van der Waals surface area contributed by atoms with Crippen LogP contribution in [0.5, 0.6) is 0 Å². The molecule has 0 aliphatic carbocycles. The maximum absolute atomic E-state index is 12.6. The van der Waals surface area contributed by atoms with Crippen LogP contribution in [0, 0.1) is 11.8 Å². The second kappa shape index (κ2) is 15.8. The number of rotatable bonds is 9. The van der Waals surface area contributed by atoms with Crippen molar-refractivity contribution in [3.8, 4) is 0 Å². The van der Waals surface area contributed by atoms with Gasteiger partial charge in [0.2, 0.25) is 0 Å². The number of carbonyl (C=O) groups excluding carboxylic acids is 2. The number of ether oxygens (including phenoxy) is 3. The van der Waals surface area contributed by atoms with E-state index in [9.17, 15) is 19.8 Å². The van der Waals surface area contributed by atoms with E-state index in [2.05, 4.69) is 37.3 Å². The van der Waals surface area contributed by atoms with E-state index in [0.29, 0.717) is 12.5 Å². The molecule has 0 fully saturated rings. The van der Waals surface area contributed by atoms with Gasteiger partial charge in [-0.25, -0.2) is 0 Å². The number of esters is 2. The summed E-state index contributed by atoms with van der Waals surface area (Å²) in [6.07, 6.45) is 9.19. The van der Waals surface area contributed by atoms with Crippen molar-refractivity contribution in [1.29, 1.82) is 0 Å². The second-order valence-corrected chi connectivity index (χ2v) is 11.0. The molecule has 1 unspecified atom stereocenters. The van der Waals surface area contributed by atoms with Crippen molar-refractivity contribution >= 4 is 11.9 Å². The Hall–Kier alpha value is -2.74. The van der Waals surface area contributed by atoms with Crippen LogP contribution in [0.15, 0.2) is 60.2 Å². The molecular formula is C32H46O7. The Balaban J connectivity index is 2.14.